The predicted octanol–water partition coefficient (Wildman–Crippen LogP) is 3.08. The van der Waals surface area contributed by atoms with Crippen LogP contribution in [0.4, 0.5) is 5.95 Å². The smallest absolute Gasteiger partial charge is 0.226 e. The summed E-state index contributed by atoms with van der Waals surface area (Å²) in [5, 5.41) is 1.74. The van der Waals surface area contributed by atoms with Crippen molar-refractivity contribution in [3.8, 4) is 0 Å². The van der Waals surface area contributed by atoms with Crippen molar-refractivity contribution in [1.29, 1.82) is 0 Å². The molecular formula is C18H22N6S. The third kappa shape index (κ3) is 6.04. The fourth-order valence-electron chi connectivity index (χ4n) is 1.85. The first kappa shape index (κ1) is 18.7. The molecule has 0 aromatic carbocycles. The molecule has 0 spiro atoms. The minimum atomic E-state index is 0.415. The summed E-state index contributed by atoms with van der Waals surface area (Å²) in [6, 6.07) is 7.75. The van der Waals surface area contributed by atoms with E-state index in [0.717, 1.165) is 22.3 Å². The zero-order valence-corrected chi connectivity index (χ0v) is 15.3. The Morgan fingerprint density at radius 2 is 2.20 bits per heavy atom. The molecule has 0 radical (unpaired) electrons. The van der Waals surface area contributed by atoms with Crippen LogP contribution in [0.25, 0.3) is 0 Å². The van der Waals surface area contributed by atoms with E-state index in [1.807, 2.05) is 36.2 Å². The van der Waals surface area contributed by atoms with E-state index in [1.54, 1.807) is 24.6 Å². The Labute approximate surface area is 152 Å². The molecule has 2 rings (SSSR count). The quantitative estimate of drug-likeness (QED) is 0.446. The van der Waals surface area contributed by atoms with E-state index < -0.39 is 0 Å². The van der Waals surface area contributed by atoms with Crippen LogP contribution in [0.3, 0.4) is 0 Å². The molecular weight excluding hydrogens is 332 g/mol. The van der Waals surface area contributed by atoms with E-state index in [4.69, 9.17) is 5.73 Å². The Balaban J connectivity index is 2.24. The van der Waals surface area contributed by atoms with Crippen LogP contribution in [0, 0.1) is 0 Å². The number of nitrogens with zero attached hydrogens (tertiary/aromatic N) is 5. The van der Waals surface area contributed by atoms with E-state index in [2.05, 4.69) is 33.4 Å². The maximum Gasteiger partial charge on any atom is 0.226 e. The van der Waals surface area contributed by atoms with Crippen LogP contribution in [0.1, 0.15) is 12.6 Å². The van der Waals surface area contributed by atoms with Crippen LogP contribution in [-0.2, 0) is 6.42 Å². The van der Waals surface area contributed by atoms with Crippen LogP contribution in [0.15, 0.2) is 70.1 Å². The van der Waals surface area contributed by atoms with Gasteiger partial charge in [-0.25, -0.2) is 19.9 Å². The Morgan fingerprint density at radius 3 is 2.88 bits per heavy atom. The standard InChI is InChI=1S/C18H22N6S/c1-4-8-15(19)20-12-10-14-13-17(23-18(22-14)24(3)5-2)25-16-9-6-7-11-21-16/h4,6-9,11-13H,1,5,10,19H2,2-3H3/b15-8-,20-12-. The lowest BCUT2D eigenvalue weighted by Crippen LogP contribution is -2.19. The van der Waals surface area contributed by atoms with Gasteiger partial charge in [-0.3, -0.25) is 0 Å². The molecule has 0 saturated carbocycles. The maximum atomic E-state index is 5.72. The average Bonchev–Trinajstić information content (AvgIpc) is 2.62. The highest BCUT2D eigenvalue weighted by Crippen LogP contribution is 2.25. The molecule has 0 aliphatic rings. The first-order valence-electron chi connectivity index (χ1n) is 7.91. The zero-order chi connectivity index (χ0) is 18.1. The molecule has 0 fully saturated rings. The second-order valence-corrected chi connectivity index (χ2v) is 6.17. The lowest BCUT2D eigenvalue weighted by Gasteiger charge is -2.16. The van der Waals surface area contributed by atoms with Crippen molar-refractivity contribution in [2.45, 2.75) is 23.4 Å². The second kappa shape index (κ2) is 9.58. The molecule has 0 unspecified atom stereocenters. The van der Waals surface area contributed by atoms with Crippen LogP contribution < -0.4 is 10.6 Å². The summed E-state index contributed by atoms with van der Waals surface area (Å²) in [7, 11) is 1.97. The van der Waals surface area contributed by atoms with Gasteiger partial charge in [0.15, 0.2) is 0 Å². The number of rotatable bonds is 8. The minimum absolute atomic E-state index is 0.415. The monoisotopic (exact) mass is 354 g/mol. The Hall–Kier alpha value is -2.67. The fourth-order valence-corrected chi connectivity index (χ4v) is 2.65. The number of nitrogens with two attached hydrogens (primary N) is 1. The molecule has 7 heteroatoms. The molecule has 0 saturated heterocycles. The van der Waals surface area contributed by atoms with Crippen molar-refractivity contribution in [3.63, 3.8) is 0 Å². The lowest BCUT2D eigenvalue weighted by atomic mass is 10.3. The summed E-state index contributed by atoms with van der Waals surface area (Å²) in [5.41, 5.74) is 6.59. The van der Waals surface area contributed by atoms with Gasteiger partial charge in [-0.2, -0.15) is 0 Å². The van der Waals surface area contributed by atoms with E-state index in [0.29, 0.717) is 18.2 Å². The van der Waals surface area contributed by atoms with Crippen LogP contribution >= 0.6 is 11.8 Å². The van der Waals surface area contributed by atoms with Crippen molar-refractivity contribution in [1.82, 2.24) is 15.0 Å². The Bertz CT molecular complexity index is 757. The predicted molar refractivity (Wildman–Crippen MR) is 104 cm³/mol. The number of hydrogen-bond donors (Lipinski definition) is 1. The van der Waals surface area contributed by atoms with Gasteiger partial charge in [-0.15, -0.1) is 0 Å². The highest BCUT2D eigenvalue weighted by molar-refractivity contribution is 7.99. The van der Waals surface area contributed by atoms with Gasteiger partial charge in [0.25, 0.3) is 0 Å². The largest absolute Gasteiger partial charge is 0.384 e. The lowest BCUT2D eigenvalue weighted by molar-refractivity contribution is 0.861. The van der Waals surface area contributed by atoms with Gasteiger partial charge < -0.3 is 10.6 Å². The summed E-state index contributed by atoms with van der Waals surface area (Å²) >= 11 is 1.51. The zero-order valence-electron chi connectivity index (χ0n) is 14.5. The van der Waals surface area contributed by atoms with Gasteiger partial charge in [-0.05, 0) is 43.0 Å². The third-order valence-electron chi connectivity index (χ3n) is 3.24. The number of aliphatic imine (C=N–C) groups is 1. The van der Waals surface area contributed by atoms with Gasteiger partial charge in [0.2, 0.25) is 5.95 Å². The number of anilines is 1. The highest BCUT2D eigenvalue weighted by Gasteiger charge is 2.09. The SMILES string of the molecule is C=C/C=C(N)\N=C/Cc1cc(Sc2ccccn2)nc(N(C)CC)n1. The molecule has 6 nitrogen and oxygen atoms in total. The average molecular weight is 354 g/mol. The van der Waals surface area contributed by atoms with Crippen LogP contribution in [-0.4, -0.2) is 34.8 Å². The van der Waals surface area contributed by atoms with Crippen LogP contribution in [0.5, 0.6) is 0 Å². The summed E-state index contributed by atoms with van der Waals surface area (Å²) in [6.45, 7) is 6.47. The third-order valence-corrected chi connectivity index (χ3v) is 4.10. The molecule has 0 amide bonds. The number of allylic oxidation sites excluding steroid dienone is 2. The first-order valence-corrected chi connectivity index (χ1v) is 8.72. The summed E-state index contributed by atoms with van der Waals surface area (Å²) in [6.07, 6.45) is 7.32. The van der Waals surface area contributed by atoms with Gasteiger partial charge >= 0.3 is 0 Å². The molecule has 0 aliphatic carbocycles. The van der Waals surface area contributed by atoms with Crippen molar-refractivity contribution in [2.75, 3.05) is 18.5 Å². The fraction of sp³-hybridized carbons (Fsp3) is 0.222. The van der Waals surface area contributed by atoms with Crippen molar-refractivity contribution in [3.05, 3.63) is 60.7 Å². The summed E-state index contributed by atoms with van der Waals surface area (Å²) in [5.74, 6) is 1.10. The molecule has 2 aromatic heterocycles. The number of aromatic nitrogens is 3. The highest BCUT2D eigenvalue weighted by atomic mass is 32.2. The summed E-state index contributed by atoms with van der Waals surface area (Å²) < 4.78 is 0. The molecule has 25 heavy (non-hydrogen) atoms. The number of hydrogen-bond acceptors (Lipinski definition) is 7. The van der Waals surface area contributed by atoms with Gasteiger partial charge in [-0.1, -0.05) is 18.7 Å². The van der Waals surface area contributed by atoms with E-state index in [1.165, 1.54) is 11.8 Å². The molecule has 2 heterocycles. The van der Waals surface area contributed by atoms with Gasteiger partial charge in [0.1, 0.15) is 15.9 Å². The van der Waals surface area contributed by atoms with E-state index >= 15 is 0 Å². The Kier molecular flexibility index (Phi) is 7.16. The molecule has 0 bridgehead atoms. The van der Waals surface area contributed by atoms with Crippen molar-refractivity contribution in [2.24, 2.45) is 10.7 Å². The normalized spacial score (nSPS) is 11.7. The van der Waals surface area contributed by atoms with Crippen molar-refractivity contribution >= 4 is 23.9 Å². The first-order chi connectivity index (χ1) is 12.1. The van der Waals surface area contributed by atoms with Crippen LogP contribution in [0.2, 0.25) is 0 Å². The molecule has 0 atom stereocenters. The Morgan fingerprint density at radius 1 is 1.36 bits per heavy atom. The molecule has 0 aliphatic heterocycles. The van der Waals surface area contributed by atoms with Gasteiger partial charge in [0.05, 0.1) is 5.69 Å². The maximum absolute atomic E-state index is 5.72. The molecule has 2 N–H and O–H groups in total. The molecule has 2 aromatic rings. The van der Waals surface area contributed by atoms with Crippen molar-refractivity contribution < 1.29 is 0 Å². The second-order valence-electron chi connectivity index (χ2n) is 5.12. The minimum Gasteiger partial charge on any atom is -0.384 e. The van der Waals surface area contributed by atoms with Gasteiger partial charge in [0, 0.05) is 32.4 Å². The molecule has 130 valence electrons. The van der Waals surface area contributed by atoms with E-state index in [-0.39, 0.29) is 0 Å². The summed E-state index contributed by atoms with van der Waals surface area (Å²) in [4.78, 5) is 19.7. The van der Waals surface area contributed by atoms with E-state index in [9.17, 15) is 0 Å². The topological polar surface area (TPSA) is 80.3 Å². The number of pyridine rings is 1.